The van der Waals surface area contributed by atoms with Crippen LogP contribution >= 0.6 is 11.8 Å². The Morgan fingerprint density at radius 1 is 1.50 bits per heavy atom. The van der Waals surface area contributed by atoms with Crippen LogP contribution in [0, 0.1) is 6.92 Å². The second-order valence-corrected chi connectivity index (χ2v) is 3.97. The SMILES string of the molecule is CCSCc1ncc(C)n1CC. The van der Waals surface area contributed by atoms with E-state index in [0.717, 1.165) is 18.1 Å². The predicted octanol–water partition coefficient (Wildman–Crippen LogP) is 2.46. The molecule has 0 radical (unpaired) electrons. The Balaban J connectivity index is 2.70. The lowest BCUT2D eigenvalue weighted by molar-refractivity contribution is 0.705. The summed E-state index contributed by atoms with van der Waals surface area (Å²) < 4.78 is 2.27. The Morgan fingerprint density at radius 3 is 2.83 bits per heavy atom. The van der Waals surface area contributed by atoms with Crippen molar-refractivity contribution in [3.8, 4) is 0 Å². The molecule has 0 aliphatic carbocycles. The highest BCUT2D eigenvalue weighted by Crippen LogP contribution is 2.12. The number of aryl methyl sites for hydroxylation is 1. The molecule has 0 amide bonds. The van der Waals surface area contributed by atoms with Crippen molar-refractivity contribution in [1.29, 1.82) is 0 Å². The topological polar surface area (TPSA) is 17.8 Å². The van der Waals surface area contributed by atoms with Gasteiger partial charge in [-0.05, 0) is 19.6 Å². The van der Waals surface area contributed by atoms with E-state index in [2.05, 4.69) is 30.3 Å². The molecule has 2 nitrogen and oxygen atoms in total. The van der Waals surface area contributed by atoms with Crippen LogP contribution in [0.5, 0.6) is 0 Å². The van der Waals surface area contributed by atoms with E-state index in [-0.39, 0.29) is 0 Å². The minimum absolute atomic E-state index is 1.03. The molecular formula is C9H16N2S. The van der Waals surface area contributed by atoms with Crippen LogP contribution in [0.3, 0.4) is 0 Å². The van der Waals surface area contributed by atoms with Crippen LogP contribution in [0.2, 0.25) is 0 Å². The molecule has 12 heavy (non-hydrogen) atoms. The van der Waals surface area contributed by atoms with Gasteiger partial charge in [-0.1, -0.05) is 6.92 Å². The van der Waals surface area contributed by atoms with Gasteiger partial charge in [0.05, 0.1) is 5.75 Å². The highest BCUT2D eigenvalue weighted by atomic mass is 32.2. The van der Waals surface area contributed by atoms with E-state index < -0.39 is 0 Å². The molecule has 1 aromatic heterocycles. The Morgan fingerprint density at radius 2 is 2.25 bits per heavy atom. The minimum atomic E-state index is 1.03. The predicted molar refractivity (Wildman–Crippen MR) is 54.5 cm³/mol. The smallest absolute Gasteiger partial charge is 0.118 e. The molecule has 0 aromatic carbocycles. The molecule has 1 rings (SSSR count). The quantitative estimate of drug-likeness (QED) is 0.715. The van der Waals surface area contributed by atoms with E-state index >= 15 is 0 Å². The first-order valence-corrected chi connectivity index (χ1v) is 5.53. The monoisotopic (exact) mass is 184 g/mol. The normalized spacial score (nSPS) is 10.6. The molecule has 0 N–H and O–H groups in total. The average molecular weight is 184 g/mol. The summed E-state index contributed by atoms with van der Waals surface area (Å²) in [5.41, 5.74) is 1.27. The number of nitrogens with zero attached hydrogens (tertiary/aromatic N) is 2. The van der Waals surface area contributed by atoms with Gasteiger partial charge in [0.2, 0.25) is 0 Å². The lowest BCUT2D eigenvalue weighted by Gasteiger charge is -2.05. The van der Waals surface area contributed by atoms with Crippen LogP contribution in [0.15, 0.2) is 6.20 Å². The maximum atomic E-state index is 4.37. The minimum Gasteiger partial charge on any atom is -0.332 e. The van der Waals surface area contributed by atoms with Gasteiger partial charge in [-0.3, -0.25) is 0 Å². The van der Waals surface area contributed by atoms with Crippen molar-refractivity contribution in [2.75, 3.05) is 5.75 Å². The number of hydrogen-bond acceptors (Lipinski definition) is 2. The molecule has 0 saturated heterocycles. The highest BCUT2D eigenvalue weighted by Gasteiger charge is 2.03. The van der Waals surface area contributed by atoms with Crippen LogP contribution in [0.25, 0.3) is 0 Å². The van der Waals surface area contributed by atoms with Crippen LogP contribution in [-0.2, 0) is 12.3 Å². The molecule has 0 atom stereocenters. The molecule has 0 bridgehead atoms. The van der Waals surface area contributed by atoms with E-state index in [0.29, 0.717) is 0 Å². The molecule has 3 heteroatoms. The fourth-order valence-corrected chi connectivity index (χ4v) is 1.87. The summed E-state index contributed by atoms with van der Waals surface area (Å²) >= 11 is 1.92. The second kappa shape index (κ2) is 4.55. The van der Waals surface area contributed by atoms with Crippen molar-refractivity contribution < 1.29 is 0 Å². The number of imidazole rings is 1. The van der Waals surface area contributed by atoms with Gasteiger partial charge in [-0.25, -0.2) is 4.98 Å². The first-order valence-electron chi connectivity index (χ1n) is 4.38. The van der Waals surface area contributed by atoms with Gasteiger partial charge in [0, 0.05) is 18.4 Å². The fraction of sp³-hybridized carbons (Fsp3) is 0.667. The van der Waals surface area contributed by atoms with Gasteiger partial charge < -0.3 is 4.57 Å². The average Bonchev–Trinajstić information content (AvgIpc) is 2.43. The maximum Gasteiger partial charge on any atom is 0.118 e. The molecule has 0 spiro atoms. The molecule has 1 aromatic rings. The summed E-state index contributed by atoms with van der Waals surface area (Å²) in [6, 6.07) is 0. The molecular weight excluding hydrogens is 168 g/mol. The van der Waals surface area contributed by atoms with Crippen molar-refractivity contribution >= 4 is 11.8 Å². The van der Waals surface area contributed by atoms with E-state index in [1.807, 2.05) is 18.0 Å². The van der Waals surface area contributed by atoms with Crippen LogP contribution in [0.1, 0.15) is 25.4 Å². The largest absolute Gasteiger partial charge is 0.332 e. The van der Waals surface area contributed by atoms with Crippen molar-refractivity contribution in [1.82, 2.24) is 9.55 Å². The third kappa shape index (κ3) is 2.03. The van der Waals surface area contributed by atoms with E-state index in [9.17, 15) is 0 Å². The Hall–Kier alpha value is -0.440. The summed E-state index contributed by atoms with van der Waals surface area (Å²) in [5.74, 6) is 3.41. The lowest BCUT2D eigenvalue weighted by Crippen LogP contribution is -2.02. The molecule has 0 aliphatic rings. The van der Waals surface area contributed by atoms with E-state index in [1.165, 1.54) is 11.5 Å². The zero-order valence-electron chi connectivity index (χ0n) is 8.00. The van der Waals surface area contributed by atoms with Gasteiger partial charge in [0.1, 0.15) is 5.82 Å². The molecule has 0 aliphatic heterocycles. The zero-order chi connectivity index (χ0) is 8.97. The fourth-order valence-electron chi connectivity index (χ4n) is 1.25. The molecule has 0 fully saturated rings. The van der Waals surface area contributed by atoms with Crippen LogP contribution in [0.4, 0.5) is 0 Å². The van der Waals surface area contributed by atoms with Crippen LogP contribution in [-0.4, -0.2) is 15.3 Å². The first-order chi connectivity index (χ1) is 5.79. The first kappa shape index (κ1) is 9.65. The number of rotatable bonds is 4. The molecule has 0 saturated carbocycles. The summed E-state index contributed by atoms with van der Waals surface area (Å²) in [6.07, 6.45) is 1.95. The standard InChI is InChI=1S/C9H16N2S/c1-4-11-8(3)6-10-9(11)7-12-5-2/h6H,4-5,7H2,1-3H3. The van der Waals surface area contributed by atoms with Crippen molar-refractivity contribution in [3.63, 3.8) is 0 Å². The van der Waals surface area contributed by atoms with Gasteiger partial charge in [-0.15, -0.1) is 0 Å². The molecule has 68 valence electrons. The van der Waals surface area contributed by atoms with Crippen molar-refractivity contribution in [2.24, 2.45) is 0 Å². The number of aromatic nitrogens is 2. The van der Waals surface area contributed by atoms with Gasteiger partial charge in [-0.2, -0.15) is 11.8 Å². The molecule has 0 unspecified atom stereocenters. The van der Waals surface area contributed by atoms with Crippen molar-refractivity contribution in [2.45, 2.75) is 33.1 Å². The number of thioether (sulfide) groups is 1. The Kier molecular flexibility index (Phi) is 3.66. The number of hydrogen-bond donors (Lipinski definition) is 0. The van der Waals surface area contributed by atoms with Gasteiger partial charge >= 0.3 is 0 Å². The maximum absolute atomic E-state index is 4.37. The van der Waals surface area contributed by atoms with Crippen molar-refractivity contribution in [3.05, 3.63) is 17.7 Å². The van der Waals surface area contributed by atoms with Gasteiger partial charge in [0.15, 0.2) is 0 Å². The molecule has 1 heterocycles. The zero-order valence-corrected chi connectivity index (χ0v) is 8.82. The van der Waals surface area contributed by atoms with E-state index in [4.69, 9.17) is 0 Å². The van der Waals surface area contributed by atoms with Crippen LogP contribution < -0.4 is 0 Å². The third-order valence-corrected chi connectivity index (χ3v) is 2.76. The summed E-state index contributed by atoms with van der Waals surface area (Å²) in [5, 5.41) is 0. The highest BCUT2D eigenvalue weighted by molar-refractivity contribution is 7.98. The Bertz CT molecular complexity index is 243. The third-order valence-electron chi connectivity index (χ3n) is 1.89. The van der Waals surface area contributed by atoms with E-state index in [1.54, 1.807) is 0 Å². The second-order valence-electron chi connectivity index (χ2n) is 2.70. The van der Waals surface area contributed by atoms with Gasteiger partial charge in [0.25, 0.3) is 0 Å². The summed E-state index contributed by atoms with van der Waals surface area (Å²) in [7, 11) is 0. The Labute approximate surface area is 78.4 Å². The summed E-state index contributed by atoms with van der Waals surface area (Å²) in [4.78, 5) is 4.37. The lowest BCUT2D eigenvalue weighted by atomic mass is 10.5. The summed E-state index contributed by atoms with van der Waals surface area (Å²) in [6.45, 7) is 7.48.